The first-order valence-corrected chi connectivity index (χ1v) is 8.00. The summed E-state index contributed by atoms with van der Waals surface area (Å²) in [5.74, 6) is 0.542. The van der Waals surface area contributed by atoms with Gasteiger partial charge in [-0.15, -0.1) is 0 Å². The quantitative estimate of drug-likeness (QED) is 0.710. The number of nitrogens with one attached hydrogen (secondary N) is 1. The highest BCUT2D eigenvalue weighted by Gasteiger charge is 2.18. The lowest BCUT2D eigenvalue weighted by molar-refractivity contribution is 0.101. The van der Waals surface area contributed by atoms with Gasteiger partial charge in [0.1, 0.15) is 17.1 Å². The highest BCUT2D eigenvalue weighted by molar-refractivity contribution is 6.04. The number of methoxy groups -OCH3 is 3. The second kappa shape index (κ2) is 7.73. The van der Waals surface area contributed by atoms with E-state index in [-0.39, 0.29) is 17.8 Å². The number of rotatable bonds is 6. The van der Waals surface area contributed by atoms with Crippen molar-refractivity contribution in [2.75, 3.05) is 26.6 Å². The summed E-state index contributed by atoms with van der Waals surface area (Å²) in [5, 5.41) is 7.13. The zero-order chi connectivity index (χ0) is 19.4. The van der Waals surface area contributed by atoms with Crippen LogP contribution in [0.2, 0.25) is 0 Å². The van der Waals surface area contributed by atoms with Gasteiger partial charge in [-0.3, -0.25) is 9.48 Å². The van der Waals surface area contributed by atoms with Gasteiger partial charge in [0.2, 0.25) is 5.88 Å². The highest BCUT2D eigenvalue weighted by atomic mass is 16.5. The van der Waals surface area contributed by atoms with Crippen LogP contribution in [0.5, 0.6) is 17.6 Å². The molecule has 0 aliphatic rings. The SMILES string of the molecule is COc1cccc(-c2cc(C(=O)Nc3cnc(OC)nc3OC)n(C)n2)c1. The van der Waals surface area contributed by atoms with E-state index in [9.17, 15) is 4.79 Å². The summed E-state index contributed by atoms with van der Waals surface area (Å²) < 4.78 is 16.9. The summed E-state index contributed by atoms with van der Waals surface area (Å²) >= 11 is 0. The number of hydrogen-bond acceptors (Lipinski definition) is 7. The number of benzene rings is 1. The van der Waals surface area contributed by atoms with Crippen molar-refractivity contribution in [3.8, 4) is 28.9 Å². The van der Waals surface area contributed by atoms with Crippen molar-refractivity contribution in [3.05, 3.63) is 42.2 Å². The van der Waals surface area contributed by atoms with Gasteiger partial charge in [0.15, 0.2) is 0 Å². The Labute approximate surface area is 155 Å². The van der Waals surface area contributed by atoms with Gasteiger partial charge in [-0.1, -0.05) is 12.1 Å². The summed E-state index contributed by atoms with van der Waals surface area (Å²) in [4.78, 5) is 20.7. The van der Waals surface area contributed by atoms with Gasteiger partial charge >= 0.3 is 6.01 Å². The molecule has 0 bridgehead atoms. The molecule has 2 aromatic heterocycles. The third-order valence-corrected chi connectivity index (χ3v) is 3.83. The lowest BCUT2D eigenvalue weighted by Gasteiger charge is -2.09. The molecular formula is C18H19N5O4. The van der Waals surface area contributed by atoms with Crippen LogP contribution in [0.4, 0.5) is 5.69 Å². The van der Waals surface area contributed by atoms with Crippen molar-refractivity contribution in [3.63, 3.8) is 0 Å². The molecule has 0 aliphatic heterocycles. The molecular weight excluding hydrogens is 350 g/mol. The summed E-state index contributed by atoms with van der Waals surface area (Å²) in [5.41, 5.74) is 2.19. The predicted molar refractivity (Wildman–Crippen MR) is 98.3 cm³/mol. The van der Waals surface area contributed by atoms with Crippen LogP contribution in [0.3, 0.4) is 0 Å². The fraction of sp³-hybridized carbons (Fsp3) is 0.222. The molecule has 0 atom stereocenters. The van der Waals surface area contributed by atoms with E-state index in [0.29, 0.717) is 22.8 Å². The van der Waals surface area contributed by atoms with E-state index in [4.69, 9.17) is 14.2 Å². The molecule has 9 nitrogen and oxygen atoms in total. The Morgan fingerprint density at radius 1 is 1.11 bits per heavy atom. The Morgan fingerprint density at radius 2 is 1.93 bits per heavy atom. The molecule has 3 rings (SSSR count). The molecule has 0 fully saturated rings. The molecule has 0 spiro atoms. The number of nitrogens with zero attached hydrogens (tertiary/aromatic N) is 4. The molecule has 0 aliphatic carbocycles. The van der Waals surface area contributed by atoms with Crippen molar-refractivity contribution >= 4 is 11.6 Å². The Balaban J connectivity index is 1.87. The fourth-order valence-corrected chi connectivity index (χ4v) is 2.48. The number of carbonyl (C=O) groups is 1. The second-order valence-corrected chi connectivity index (χ2v) is 5.50. The first kappa shape index (κ1) is 18.2. The molecule has 27 heavy (non-hydrogen) atoms. The molecule has 1 N–H and O–H groups in total. The third-order valence-electron chi connectivity index (χ3n) is 3.83. The van der Waals surface area contributed by atoms with Gasteiger partial charge in [0, 0.05) is 12.6 Å². The van der Waals surface area contributed by atoms with Crippen LogP contribution in [-0.2, 0) is 7.05 Å². The van der Waals surface area contributed by atoms with Gasteiger partial charge in [0.25, 0.3) is 5.91 Å². The molecule has 9 heteroatoms. The predicted octanol–water partition coefficient (Wildman–Crippen LogP) is 2.16. The van der Waals surface area contributed by atoms with Crippen LogP contribution in [-0.4, -0.2) is 47.0 Å². The van der Waals surface area contributed by atoms with Gasteiger partial charge < -0.3 is 19.5 Å². The number of anilines is 1. The van der Waals surface area contributed by atoms with E-state index in [1.54, 1.807) is 20.2 Å². The number of carbonyl (C=O) groups excluding carboxylic acids is 1. The maximum atomic E-state index is 12.7. The van der Waals surface area contributed by atoms with Crippen molar-refractivity contribution in [1.82, 2.24) is 19.7 Å². The lowest BCUT2D eigenvalue weighted by atomic mass is 10.1. The van der Waals surface area contributed by atoms with Gasteiger partial charge in [-0.05, 0) is 18.2 Å². The van der Waals surface area contributed by atoms with E-state index in [2.05, 4.69) is 20.4 Å². The third kappa shape index (κ3) is 3.81. The Bertz CT molecular complexity index is 970. The molecule has 0 unspecified atom stereocenters. The Morgan fingerprint density at radius 3 is 2.63 bits per heavy atom. The number of hydrogen-bond donors (Lipinski definition) is 1. The number of ether oxygens (including phenoxy) is 3. The Kier molecular flexibility index (Phi) is 5.20. The minimum absolute atomic E-state index is 0.144. The van der Waals surface area contributed by atoms with E-state index < -0.39 is 0 Å². The number of aryl methyl sites for hydroxylation is 1. The first-order chi connectivity index (χ1) is 13.0. The van der Waals surface area contributed by atoms with Crippen LogP contribution in [0, 0.1) is 0 Å². The molecule has 140 valence electrons. The summed E-state index contributed by atoms with van der Waals surface area (Å²) in [7, 11) is 6.19. The minimum atomic E-state index is -0.369. The normalized spacial score (nSPS) is 10.4. The second-order valence-electron chi connectivity index (χ2n) is 5.50. The zero-order valence-corrected chi connectivity index (χ0v) is 15.4. The first-order valence-electron chi connectivity index (χ1n) is 8.00. The fourth-order valence-electron chi connectivity index (χ4n) is 2.48. The van der Waals surface area contributed by atoms with E-state index in [1.807, 2.05) is 24.3 Å². The largest absolute Gasteiger partial charge is 0.497 e. The van der Waals surface area contributed by atoms with Crippen molar-refractivity contribution in [2.24, 2.45) is 7.05 Å². The summed E-state index contributed by atoms with van der Waals surface area (Å²) in [6, 6.07) is 9.29. The average Bonchev–Trinajstić information content (AvgIpc) is 3.10. The molecule has 2 heterocycles. The van der Waals surface area contributed by atoms with Crippen molar-refractivity contribution < 1.29 is 19.0 Å². The van der Waals surface area contributed by atoms with Crippen LogP contribution < -0.4 is 19.5 Å². The van der Waals surface area contributed by atoms with Crippen LogP contribution in [0.25, 0.3) is 11.3 Å². The van der Waals surface area contributed by atoms with Crippen molar-refractivity contribution in [2.45, 2.75) is 0 Å². The minimum Gasteiger partial charge on any atom is -0.497 e. The maximum Gasteiger partial charge on any atom is 0.319 e. The number of amides is 1. The number of aromatic nitrogens is 4. The topological polar surface area (TPSA) is 100 Å². The maximum absolute atomic E-state index is 12.7. The van der Waals surface area contributed by atoms with Crippen LogP contribution in [0.1, 0.15) is 10.5 Å². The van der Waals surface area contributed by atoms with Crippen LogP contribution >= 0.6 is 0 Å². The Hall–Kier alpha value is -3.62. The van der Waals surface area contributed by atoms with E-state index in [0.717, 1.165) is 5.56 Å². The summed E-state index contributed by atoms with van der Waals surface area (Å²) in [6.07, 6.45) is 1.42. The zero-order valence-electron chi connectivity index (χ0n) is 15.4. The molecule has 1 aromatic carbocycles. The van der Waals surface area contributed by atoms with E-state index >= 15 is 0 Å². The average molecular weight is 369 g/mol. The van der Waals surface area contributed by atoms with Gasteiger partial charge in [-0.25, -0.2) is 4.98 Å². The monoisotopic (exact) mass is 369 g/mol. The van der Waals surface area contributed by atoms with Crippen LogP contribution in [0.15, 0.2) is 36.5 Å². The standard InChI is InChI=1S/C18H19N5O4/c1-23-15(9-13(22-23)11-6-5-7-12(8-11)25-2)16(24)20-14-10-19-18(27-4)21-17(14)26-3/h5-10H,1-4H3,(H,20,24). The molecule has 1 amide bonds. The smallest absolute Gasteiger partial charge is 0.319 e. The highest BCUT2D eigenvalue weighted by Crippen LogP contribution is 2.25. The van der Waals surface area contributed by atoms with Gasteiger partial charge in [-0.2, -0.15) is 10.1 Å². The molecule has 0 radical (unpaired) electrons. The summed E-state index contributed by atoms with van der Waals surface area (Å²) in [6.45, 7) is 0. The molecule has 0 saturated carbocycles. The van der Waals surface area contributed by atoms with E-state index in [1.165, 1.54) is 25.1 Å². The molecule has 0 saturated heterocycles. The molecule has 3 aromatic rings. The van der Waals surface area contributed by atoms with Crippen molar-refractivity contribution in [1.29, 1.82) is 0 Å². The lowest BCUT2D eigenvalue weighted by Crippen LogP contribution is -2.17. The van der Waals surface area contributed by atoms with Gasteiger partial charge in [0.05, 0.1) is 33.2 Å².